The van der Waals surface area contributed by atoms with Crippen LogP contribution in [-0.4, -0.2) is 36.9 Å². The Labute approximate surface area is 168 Å². The van der Waals surface area contributed by atoms with Crippen molar-refractivity contribution < 1.29 is 13.2 Å². The van der Waals surface area contributed by atoms with Gasteiger partial charge < -0.3 is 5.32 Å². The van der Waals surface area contributed by atoms with Crippen LogP contribution in [0.2, 0.25) is 0 Å². The Kier molecular flexibility index (Phi) is 6.61. The Morgan fingerprint density at radius 1 is 1.14 bits per heavy atom. The number of hydrogen-bond acceptors (Lipinski definition) is 5. The topological polar surface area (TPSA) is 93.1 Å². The summed E-state index contributed by atoms with van der Waals surface area (Å²) in [7, 11) is -3.19. The molecule has 0 atom stereocenters. The predicted octanol–water partition coefficient (Wildman–Crippen LogP) is 2.01. The van der Waals surface area contributed by atoms with Gasteiger partial charge in [-0.15, -0.1) is 11.3 Å². The Morgan fingerprint density at radius 2 is 1.89 bits per heavy atom. The lowest BCUT2D eigenvalue weighted by Crippen LogP contribution is -2.24. The molecule has 0 unspecified atom stereocenters. The van der Waals surface area contributed by atoms with E-state index in [1.165, 1.54) is 11.3 Å². The van der Waals surface area contributed by atoms with Crippen LogP contribution in [0.4, 0.5) is 0 Å². The standard InChI is InChI=1S/C19H22N4O3S2/c1-28(25,26)22-11-9-17-7-8-18(27-17)19(24)20-13-15-3-5-16(6-4-15)14-23-12-2-10-21-23/h2-8,10,12,22H,9,11,13-14H2,1H3,(H,20,24). The zero-order chi connectivity index (χ0) is 20.0. The second kappa shape index (κ2) is 9.13. The summed E-state index contributed by atoms with van der Waals surface area (Å²) in [5.74, 6) is -0.132. The van der Waals surface area contributed by atoms with E-state index in [9.17, 15) is 13.2 Å². The van der Waals surface area contributed by atoms with E-state index in [0.717, 1.165) is 22.3 Å². The van der Waals surface area contributed by atoms with E-state index in [1.807, 2.05) is 47.3 Å². The minimum atomic E-state index is -3.19. The van der Waals surface area contributed by atoms with E-state index in [-0.39, 0.29) is 5.91 Å². The Hall–Kier alpha value is -2.49. The number of carbonyl (C=O) groups excluding carboxylic acids is 1. The molecule has 0 aliphatic carbocycles. The minimum Gasteiger partial charge on any atom is -0.347 e. The third-order valence-corrected chi connectivity index (χ3v) is 5.87. The molecule has 0 saturated heterocycles. The van der Waals surface area contributed by atoms with Crippen LogP contribution < -0.4 is 10.0 Å². The first-order valence-electron chi connectivity index (χ1n) is 8.76. The summed E-state index contributed by atoms with van der Waals surface area (Å²) >= 11 is 1.37. The molecule has 0 bridgehead atoms. The van der Waals surface area contributed by atoms with Gasteiger partial charge in [0.05, 0.1) is 17.7 Å². The van der Waals surface area contributed by atoms with Gasteiger partial charge in [-0.2, -0.15) is 5.10 Å². The largest absolute Gasteiger partial charge is 0.347 e. The zero-order valence-corrected chi connectivity index (χ0v) is 17.1. The smallest absolute Gasteiger partial charge is 0.261 e. The fourth-order valence-corrected chi connectivity index (χ4v) is 4.00. The van der Waals surface area contributed by atoms with Gasteiger partial charge in [-0.1, -0.05) is 24.3 Å². The van der Waals surface area contributed by atoms with Crippen molar-refractivity contribution in [2.24, 2.45) is 0 Å². The van der Waals surface area contributed by atoms with Gasteiger partial charge in [-0.25, -0.2) is 13.1 Å². The van der Waals surface area contributed by atoms with Crippen molar-refractivity contribution >= 4 is 27.3 Å². The van der Waals surface area contributed by atoms with Crippen LogP contribution in [0.5, 0.6) is 0 Å². The molecule has 2 aromatic heterocycles. The number of nitrogens with one attached hydrogen (secondary N) is 2. The summed E-state index contributed by atoms with van der Waals surface area (Å²) < 4.78 is 26.5. The van der Waals surface area contributed by atoms with Gasteiger partial charge in [0.2, 0.25) is 10.0 Å². The highest BCUT2D eigenvalue weighted by molar-refractivity contribution is 7.88. The van der Waals surface area contributed by atoms with E-state index in [1.54, 1.807) is 12.3 Å². The maximum atomic E-state index is 12.3. The lowest BCUT2D eigenvalue weighted by molar-refractivity contribution is 0.0955. The van der Waals surface area contributed by atoms with Gasteiger partial charge >= 0.3 is 0 Å². The first kappa shape index (κ1) is 20.2. The van der Waals surface area contributed by atoms with Gasteiger partial charge in [0, 0.05) is 30.4 Å². The molecule has 3 aromatic rings. The molecule has 2 heterocycles. The summed E-state index contributed by atoms with van der Waals surface area (Å²) in [5, 5.41) is 7.10. The molecule has 0 radical (unpaired) electrons. The lowest BCUT2D eigenvalue weighted by atomic mass is 10.1. The molecule has 1 aromatic carbocycles. The SMILES string of the molecule is CS(=O)(=O)NCCc1ccc(C(=O)NCc2ccc(Cn3cccn3)cc2)s1. The summed E-state index contributed by atoms with van der Waals surface area (Å²) in [6.45, 7) is 1.49. The number of nitrogens with zero attached hydrogens (tertiary/aromatic N) is 2. The summed E-state index contributed by atoms with van der Waals surface area (Å²) in [6.07, 6.45) is 5.36. The quantitative estimate of drug-likeness (QED) is 0.556. The van der Waals surface area contributed by atoms with Crippen molar-refractivity contribution in [1.29, 1.82) is 0 Å². The number of amides is 1. The molecule has 3 rings (SSSR count). The highest BCUT2D eigenvalue weighted by Gasteiger charge is 2.10. The average Bonchev–Trinajstić information content (AvgIpc) is 3.32. The van der Waals surface area contributed by atoms with E-state index in [4.69, 9.17) is 0 Å². The molecule has 7 nitrogen and oxygen atoms in total. The maximum absolute atomic E-state index is 12.3. The van der Waals surface area contributed by atoms with Crippen molar-refractivity contribution in [2.75, 3.05) is 12.8 Å². The maximum Gasteiger partial charge on any atom is 0.261 e. The van der Waals surface area contributed by atoms with Gasteiger partial charge in [0.15, 0.2) is 0 Å². The minimum absolute atomic E-state index is 0.132. The molecule has 0 fully saturated rings. The molecule has 28 heavy (non-hydrogen) atoms. The molecule has 0 spiro atoms. The fraction of sp³-hybridized carbons (Fsp3) is 0.263. The van der Waals surface area contributed by atoms with Crippen LogP contribution in [0.15, 0.2) is 54.9 Å². The Bertz CT molecular complexity index is 1010. The Balaban J connectivity index is 1.47. The fourth-order valence-electron chi connectivity index (χ4n) is 2.61. The molecular weight excluding hydrogens is 396 g/mol. The third-order valence-electron chi connectivity index (χ3n) is 4.00. The molecule has 0 saturated carbocycles. The second-order valence-corrected chi connectivity index (χ2v) is 9.39. The van der Waals surface area contributed by atoms with Crippen LogP contribution in [0, 0.1) is 0 Å². The summed E-state index contributed by atoms with van der Waals surface area (Å²) in [6, 6.07) is 13.6. The number of hydrogen-bond donors (Lipinski definition) is 2. The third kappa shape index (κ3) is 6.29. The van der Waals surface area contributed by atoms with Gasteiger partial charge in [-0.3, -0.25) is 9.48 Å². The van der Waals surface area contributed by atoms with E-state index < -0.39 is 10.0 Å². The van der Waals surface area contributed by atoms with Crippen LogP contribution in [0.3, 0.4) is 0 Å². The molecule has 1 amide bonds. The normalized spacial score (nSPS) is 11.5. The number of benzene rings is 1. The first-order valence-corrected chi connectivity index (χ1v) is 11.5. The van der Waals surface area contributed by atoms with Gasteiger partial charge in [0.1, 0.15) is 0 Å². The van der Waals surface area contributed by atoms with Crippen molar-refractivity contribution in [3.05, 3.63) is 75.7 Å². The van der Waals surface area contributed by atoms with Crippen LogP contribution >= 0.6 is 11.3 Å². The molecule has 2 N–H and O–H groups in total. The molecule has 0 aliphatic rings. The summed E-state index contributed by atoms with van der Waals surface area (Å²) in [5.41, 5.74) is 2.16. The van der Waals surface area contributed by atoms with Crippen molar-refractivity contribution in [3.63, 3.8) is 0 Å². The van der Waals surface area contributed by atoms with Gasteiger partial charge in [0.25, 0.3) is 5.91 Å². The lowest BCUT2D eigenvalue weighted by Gasteiger charge is -2.06. The molecular formula is C19H22N4O3S2. The predicted molar refractivity (Wildman–Crippen MR) is 110 cm³/mol. The van der Waals surface area contributed by atoms with Crippen LogP contribution in [-0.2, 0) is 29.5 Å². The van der Waals surface area contributed by atoms with Crippen molar-refractivity contribution in [2.45, 2.75) is 19.5 Å². The Morgan fingerprint density at radius 3 is 2.57 bits per heavy atom. The molecule has 148 valence electrons. The van der Waals surface area contributed by atoms with Crippen LogP contribution in [0.25, 0.3) is 0 Å². The second-order valence-electron chi connectivity index (χ2n) is 6.39. The van der Waals surface area contributed by atoms with Crippen molar-refractivity contribution in [1.82, 2.24) is 19.8 Å². The number of sulfonamides is 1. The number of thiophene rings is 1. The molecule has 9 heteroatoms. The number of rotatable bonds is 9. The van der Waals surface area contributed by atoms with Gasteiger partial charge in [-0.05, 0) is 35.7 Å². The number of aromatic nitrogens is 2. The monoisotopic (exact) mass is 418 g/mol. The zero-order valence-electron chi connectivity index (χ0n) is 15.5. The average molecular weight is 419 g/mol. The van der Waals surface area contributed by atoms with E-state index in [2.05, 4.69) is 15.1 Å². The highest BCUT2D eigenvalue weighted by atomic mass is 32.2. The molecule has 0 aliphatic heterocycles. The first-order chi connectivity index (χ1) is 13.4. The van der Waals surface area contributed by atoms with E-state index >= 15 is 0 Å². The van der Waals surface area contributed by atoms with Crippen molar-refractivity contribution in [3.8, 4) is 0 Å². The van der Waals surface area contributed by atoms with E-state index in [0.29, 0.717) is 30.9 Å². The summed E-state index contributed by atoms with van der Waals surface area (Å²) in [4.78, 5) is 13.9. The highest BCUT2D eigenvalue weighted by Crippen LogP contribution is 2.17. The van der Waals surface area contributed by atoms with Crippen LogP contribution in [0.1, 0.15) is 25.7 Å². The number of carbonyl (C=O) groups is 1.